The zero-order valence-electron chi connectivity index (χ0n) is 26.2. The number of nitrogens with two attached hydrogens (primary N) is 1. The highest BCUT2D eigenvalue weighted by Crippen LogP contribution is 2.28. The van der Waals surface area contributed by atoms with Crippen molar-refractivity contribution in [3.63, 3.8) is 0 Å². The van der Waals surface area contributed by atoms with E-state index in [4.69, 9.17) is 18.0 Å². The molecule has 0 saturated heterocycles. The van der Waals surface area contributed by atoms with Crippen molar-refractivity contribution in [2.24, 2.45) is 17.6 Å². The van der Waals surface area contributed by atoms with E-state index in [1.165, 1.54) is 0 Å². The monoisotopic (exact) mass is 687 g/mol. The molecule has 0 aromatic carbocycles. The summed E-state index contributed by atoms with van der Waals surface area (Å²) in [5.41, 5.74) is 7.16. The predicted octanol–water partition coefficient (Wildman–Crippen LogP) is 4.21. The molecule has 0 bridgehead atoms. The second kappa shape index (κ2) is 17.1. The number of rotatable bonds is 12. The summed E-state index contributed by atoms with van der Waals surface area (Å²) in [7, 11) is -6.32. The largest absolute Gasteiger partial charge is 0.376 e. The van der Waals surface area contributed by atoms with Gasteiger partial charge in [0.05, 0.1) is 16.2 Å². The molecule has 44 heavy (non-hydrogen) atoms. The maximum absolute atomic E-state index is 12.0. The van der Waals surface area contributed by atoms with Crippen LogP contribution < -0.4 is 25.8 Å². The predicted molar refractivity (Wildman–Crippen MR) is 184 cm³/mol. The van der Waals surface area contributed by atoms with Crippen LogP contribution in [0.15, 0.2) is 29.8 Å². The molecule has 0 spiro atoms. The number of sulfonamides is 2. The van der Waals surface area contributed by atoms with Crippen LogP contribution >= 0.6 is 23.6 Å². The van der Waals surface area contributed by atoms with Crippen LogP contribution in [0, 0.1) is 11.8 Å². The fourth-order valence-corrected chi connectivity index (χ4v) is 7.91. The molecule has 2 aromatic rings. The number of anilines is 1. The number of nitrogens with one attached hydrogen (secondary N) is 4. The van der Waals surface area contributed by atoms with Crippen LogP contribution in [0.25, 0.3) is 11.4 Å². The molecule has 2 saturated carbocycles. The molecular weight excluding hydrogens is 639 g/mol. The Kier molecular flexibility index (Phi) is 14.2. The van der Waals surface area contributed by atoms with Crippen molar-refractivity contribution in [1.29, 1.82) is 0 Å². The summed E-state index contributed by atoms with van der Waals surface area (Å²) in [5.74, 6) is 1.09. The van der Waals surface area contributed by atoms with Crippen LogP contribution in [0.5, 0.6) is 0 Å². The Hall–Kier alpha value is -1.91. The molecule has 248 valence electrons. The fraction of sp³-hybridized carbons (Fsp3) is 0.690. The van der Waals surface area contributed by atoms with E-state index in [-0.39, 0.29) is 22.6 Å². The van der Waals surface area contributed by atoms with Gasteiger partial charge in [0.1, 0.15) is 5.69 Å². The van der Waals surface area contributed by atoms with Crippen molar-refractivity contribution in [1.82, 2.24) is 24.7 Å². The minimum absolute atomic E-state index is 0.0780. The average molecular weight is 688 g/mol. The van der Waals surface area contributed by atoms with Crippen molar-refractivity contribution in [3.05, 3.63) is 29.8 Å². The van der Waals surface area contributed by atoms with E-state index < -0.39 is 20.0 Å². The first-order chi connectivity index (χ1) is 20.7. The number of pyridine rings is 1. The molecule has 11 nitrogen and oxygen atoms in total. The first kappa shape index (κ1) is 36.6. The lowest BCUT2D eigenvalue weighted by atomic mass is 9.86. The van der Waals surface area contributed by atoms with Crippen molar-refractivity contribution in [3.8, 4) is 11.4 Å². The van der Waals surface area contributed by atoms with Gasteiger partial charge >= 0.3 is 0 Å². The van der Waals surface area contributed by atoms with Crippen molar-refractivity contribution >= 4 is 53.8 Å². The van der Waals surface area contributed by atoms with Crippen LogP contribution in [0.3, 0.4) is 0 Å². The maximum atomic E-state index is 12.0. The Balaban J connectivity index is 0.000000259. The highest BCUT2D eigenvalue weighted by Gasteiger charge is 2.27. The number of hydrogen-bond donors (Lipinski definition) is 5. The lowest BCUT2D eigenvalue weighted by Gasteiger charge is -2.29. The molecule has 0 radical (unpaired) electrons. The van der Waals surface area contributed by atoms with Crippen LogP contribution in [0.1, 0.15) is 79.1 Å². The minimum atomic E-state index is -3.17. The molecule has 2 heterocycles. The number of thiazole rings is 1. The molecule has 2 aliphatic rings. The Morgan fingerprint density at radius 1 is 0.864 bits per heavy atom. The lowest BCUT2D eigenvalue weighted by molar-refractivity contribution is 0.312. The Morgan fingerprint density at radius 2 is 1.39 bits per heavy atom. The van der Waals surface area contributed by atoms with Gasteiger partial charge in [-0.05, 0) is 115 Å². The van der Waals surface area contributed by atoms with Crippen molar-refractivity contribution < 1.29 is 16.8 Å². The summed E-state index contributed by atoms with van der Waals surface area (Å²) in [6.07, 6.45) is 9.39. The van der Waals surface area contributed by atoms with Gasteiger partial charge in [0.2, 0.25) is 20.0 Å². The number of aromatic nitrogens is 2. The number of hydrogen-bond acceptors (Lipinski definition) is 9. The lowest BCUT2D eigenvalue weighted by Crippen LogP contribution is -2.42. The Bertz CT molecular complexity index is 1370. The van der Waals surface area contributed by atoms with E-state index in [9.17, 15) is 16.8 Å². The van der Waals surface area contributed by atoms with Crippen molar-refractivity contribution in [2.75, 3.05) is 18.4 Å². The summed E-state index contributed by atoms with van der Waals surface area (Å²) < 4.78 is 53.1. The van der Waals surface area contributed by atoms with E-state index >= 15 is 0 Å². The standard InChI is InChI=1S/C18H26N4O2S2.C11H23N3O2S2/c1-13(2)26(23,24)22-15-8-6-14(7-9-15)11-20-18-21-17(12-25-18)16-5-3-4-10-19-16;1-8(2)18(15,16)14-10-5-3-9(4-6-10)7-13-11(12)17/h3-5,10,12-15,22H,6-9,11H2,1-2H3,(H,20,21);8-10,14H,3-7H2,1-2H3,(H3,12,13,17). The highest BCUT2D eigenvalue weighted by molar-refractivity contribution is 7.90. The normalized spacial score (nSPS) is 22.7. The second-order valence-electron chi connectivity index (χ2n) is 12.2. The highest BCUT2D eigenvalue weighted by atomic mass is 32.2. The van der Waals surface area contributed by atoms with E-state index in [0.717, 1.165) is 81.0 Å². The number of nitrogens with zero attached hydrogens (tertiary/aromatic N) is 2. The summed E-state index contributed by atoms with van der Waals surface area (Å²) >= 11 is 6.35. The van der Waals surface area contributed by atoms with Gasteiger partial charge in [0, 0.05) is 36.8 Å². The fourth-order valence-electron chi connectivity index (χ4n) is 5.17. The van der Waals surface area contributed by atoms with Crippen molar-refractivity contribution in [2.45, 2.75) is 102 Å². The molecule has 0 unspecified atom stereocenters. The molecule has 4 rings (SSSR count). The molecule has 0 aliphatic heterocycles. The molecule has 15 heteroatoms. The van der Waals surface area contributed by atoms with Gasteiger partial charge in [0.15, 0.2) is 10.2 Å². The molecule has 0 amide bonds. The van der Waals surface area contributed by atoms with Gasteiger partial charge in [-0.3, -0.25) is 4.98 Å². The minimum Gasteiger partial charge on any atom is -0.376 e. The van der Waals surface area contributed by atoms with E-state index in [1.807, 2.05) is 23.6 Å². The summed E-state index contributed by atoms with van der Waals surface area (Å²) in [4.78, 5) is 8.92. The van der Waals surface area contributed by atoms with Gasteiger partial charge in [0.25, 0.3) is 0 Å². The Labute approximate surface area is 273 Å². The summed E-state index contributed by atoms with van der Waals surface area (Å²) in [5, 5.41) is 8.91. The van der Waals surface area contributed by atoms with Crippen LogP contribution in [-0.4, -0.2) is 67.6 Å². The average Bonchev–Trinajstić information content (AvgIpc) is 3.46. The molecule has 6 N–H and O–H groups in total. The van der Waals surface area contributed by atoms with E-state index in [1.54, 1.807) is 45.2 Å². The van der Waals surface area contributed by atoms with E-state index in [0.29, 0.717) is 16.9 Å². The first-order valence-electron chi connectivity index (χ1n) is 15.4. The van der Waals surface area contributed by atoms with Crippen LogP contribution in [0.4, 0.5) is 5.13 Å². The zero-order chi connectivity index (χ0) is 32.3. The zero-order valence-corrected chi connectivity index (χ0v) is 29.4. The molecule has 2 fully saturated rings. The Morgan fingerprint density at radius 3 is 1.84 bits per heavy atom. The molecule has 2 aromatic heterocycles. The SMILES string of the molecule is CC(C)S(=O)(=O)NC1CCC(CNC(N)=S)CC1.CC(C)S(=O)(=O)NC1CCC(CNc2nc(-c3ccccn3)cs2)CC1. The molecular formula is C29H49N7O4S4. The van der Waals surface area contributed by atoms with Gasteiger partial charge < -0.3 is 16.4 Å². The van der Waals surface area contributed by atoms with Gasteiger partial charge in [-0.2, -0.15) is 0 Å². The summed E-state index contributed by atoms with van der Waals surface area (Å²) in [6.45, 7) is 8.48. The van der Waals surface area contributed by atoms with Gasteiger partial charge in [-0.15, -0.1) is 11.3 Å². The quantitative estimate of drug-likeness (QED) is 0.204. The maximum Gasteiger partial charge on any atom is 0.214 e. The third kappa shape index (κ3) is 12.1. The van der Waals surface area contributed by atoms with E-state index in [2.05, 4.69) is 30.0 Å². The topological polar surface area (TPSA) is 168 Å². The molecule has 2 aliphatic carbocycles. The molecule has 0 atom stereocenters. The van der Waals surface area contributed by atoms with Crippen LogP contribution in [-0.2, 0) is 20.0 Å². The first-order valence-corrected chi connectivity index (χ1v) is 19.8. The second-order valence-corrected chi connectivity index (χ2v) is 18.1. The third-order valence-electron chi connectivity index (χ3n) is 8.14. The van der Waals surface area contributed by atoms with Crippen LogP contribution in [0.2, 0.25) is 0 Å². The van der Waals surface area contributed by atoms with Gasteiger partial charge in [-0.1, -0.05) is 6.07 Å². The number of thiocarbonyl (C=S) groups is 1. The third-order valence-corrected chi connectivity index (χ3v) is 12.9. The smallest absolute Gasteiger partial charge is 0.214 e. The van der Waals surface area contributed by atoms with Gasteiger partial charge in [-0.25, -0.2) is 31.3 Å². The summed E-state index contributed by atoms with van der Waals surface area (Å²) in [6, 6.07) is 5.97.